The second-order valence-electron chi connectivity index (χ2n) is 4.48. The fraction of sp³-hybridized carbons (Fsp3) is 0.385. The maximum absolute atomic E-state index is 12.1. The fourth-order valence-electron chi connectivity index (χ4n) is 1.64. The molecular formula is C13H13F3N2O2. The van der Waals surface area contributed by atoms with Crippen LogP contribution in [0.25, 0.3) is 11.0 Å². The van der Waals surface area contributed by atoms with Gasteiger partial charge in [0.05, 0.1) is 17.1 Å². The largest absolute Gasteiger partial charge is 0.573 e. The minimum Gasteiger partial charge on any atom is -0.474 e. The Morgan fingerprint density at radius 3 is 2.40 bits per heavy atom. The first-order valence-electron chi connectivity index (χ1n) is 5.95. The molecule has 0 aliphatic heterocycles. The van der Waals surface area contributed by atoms with Crippen molar-refractivity contribution in [3.05, 3.63) is 23.9 Å². The molecule has 0 aliphatic rings. The van der Waals surface area contributed by atoms with Gasteiger partial charge in [-0.25, -0.2) is 9.97 Å². The molecule has 0 N–H and O–H groups in total. The Balaban J connectivity index is 2.39. The Hall–Kier alpha value is -2.05. The third-order valence-electron chi connectivity index (χ3n) is 2.35. The lowest BCUT2D eigenvalue weighted by Crippen LogP contribution is -2.17. The zero-order chi connectivity index (χ0) is 14.9. The van der Waals surface area contributed by atoms with Crippen LogP contribution in [0.1, 0.15) is 19.5 Å². The average Bonchev–Trinajstić information content (AvgIpc) is 2.27. The summed E-state index contributed by atoms with van der Waals surface area (Å²) in [6.07, 6.45) is -4.79. The Labute approximate surface area is 113 Å². The van der Waals surface area contributed by atoms with E-state index in [1.807, 2.05) is 13.8 Å². The van der Waals surface area contributed by atoms with E-state index in [1.54, 1.807) is 6.92 Å². The van der Waals surface area contributed by atoms with E-state index in [0.29, 0.717) is 22.6 Å². The molecular weight excluding hydrogens is 273 g/mol. The van der Waals surface area contributed by atoms with E-state index >= 15 is 0 Å². The molecule has 2 aromatic rings. The Bertz CT molecular complexity index is 627. The highest BCUT2D eigenvalue weighted by atomic mass is 19.4. The van der Waals surface area contributed by atoms with Gasteiger partial charge in [0.1, 0.15) is 11.4 Å². The van der Waals surface area contributed by atoms with Crippen LogP contribution in [0.15, 0.2) is 18.2 Å². The summed E-state index contributed by atoms with van der Waals surface area (Å²) in [4.78, 5) is 8.42. The maximum atomic E-state index is 12.1. The maximum Gasteiger partial charge on any atom is 0.573 e. The molecule has 0 unspecified atom stereocenters. The molecule has 0 radical (unpaired) electrons. The average molecular weight is 286 g/mol. The summed E-state index contributed by atoms with van der Waals surface area (Å²) in [7, 11) is 0. The molecule has 1 aromatic heterocycles. The van der Waals surface area contributed by atoms with Crippen molar-refractivity contribution in [2.45, 2.75) is 33.2 Å². The molecule has 0 saturated heterocycles. The molecule has 0 atom stereocenters. The van der Waals surface area contributed by atoms with Crippen LogP contribution in [0, 0.1) is 6.92 Å². The molecule has 0 aliphatic carbocycles. The lowest BCUT2D eigenvalue weighted by molar-refractivity contribution is -0.274. The smallest absolute Gasteiger partial charge is 0.474 e. The molecule has 0 spiro atoms. The standard InChI is InChI=1S/C13H13F3N2O2/c1-7(2)19-12-8(3)17-11-6-9(20-13(14,15)16)4-5-10(11)18-12/h4-7H,1-3H3. The molecule has 20 heavy (non-hydrogen) atoms. The number of halogens is 3. The van der Waals surface area contributed by atoms with Crippen LogP contribution in [-0.2, 0) is 0 Å². The van der Waals surface area contributed by atoms with Crippen molar-refractivity contribution in [2.75, 3.05) is 0 Å². The number of nitrogens with zero attached hydrogens (tertiary/aromatic N) is 2. The summed E-state index contributed by atoms with van der Waals surface area (Å²) in [5.74, 6) is 0.0493. The number of alkyl halides is 3. The van der Waals surface area contributed by atoms with Crippen LogP contribution < -0.4 is 9.47 Å². The normalized spacial score (nSPS) is 11.9. The van der Waals surface area contributed by atoms with Gasteiger partial charge in [-0.3, -0.25) is 0 Å². The summed E-state index contributed by atoms with van der Waals surface area (Å²) >= 11 is 0. The highest BCUT2D eigenvalue weighted by Gasteiger charge is 2.31. The summed E-state index contributed by atoms with van der Waals surface area (Å²) in [5.41, 5.74) is 1.27. The highest BCUT2D eigenvalue weighted by molar-refractivity contribution is 5.76. The number of ether oxygens (including phenoxy) is 2. The van der Waals surface area contributed by atoms with Crippen LogP contribution >= 0.6 is 0 Å². The van der Waals surface area contributed by atoms with Gasteiger partial charge in [0, 0.05) is 6.07 Å². The lowest BCUT2D eigenvalue weighted by Gasteiger charge is -2.12. The van der Waals surface area contributed by atoms with Crippen LogP contribution in [0.2, 0.25) is 0 Å². The van der Waals surface area contributed by atoms with Crippen molar-refractivity contribution >= 4 is 11.0 Å². The van der Waals surface area contributed by atoms with Gasteiger partial charge in [-0.1, -0.05) is 0 Å². The summed E-state index contributed by atoms with van der Waals surface area (Å²) < 4.78 is 45.8. The third kappa shape index (κ3) is 3.49. The number of hydrogen-bond acceptors (Lipinski definition) is 4. The molecule has 0 fully saturated rings. The van der Waals surface area contributed by atoms with Gasteiger partial charge < -0.3 is 9.47 Å². The van der Waals surface area contributed by atoms with Gasteiger partial charge in [-0.2, -0.15) is 0 Å². The zero-order valence-electron chi connectivity index (χ0n) is 11.2. The Kier molecular flexibility index (Phi) is 3.69. The molecule has 1 heterocycles. The van der Waals surface area contributed by atoms with Crippen molar-refractivity contribution in [3.8, 4) is 11.6 Å². The van der Waals surface area contributed by atoms with Crippen molar-refractivity contribution in [1.29, 1.82) is 0 Å². The van der Waals surface area contributed by atoms with Gasteiger partial charge >= 0.3 is 6.36 Å². The molecule has 7 heteroatoms. The number of hydrogen-bond donors (Lipinski definition) is 0. The monoisotopic (exact) mass is 286 g/mol. The predicted octanol–water partition coefficient (Wildman–Crippen LogP) is 3.62. The van der Waals surface area contributed by atoms with Gasteiger partial charge in [0.15, 0.2) is 0 Å². The quantitative estimate of drug-likeness (QED) is 0.864. The third-order valence-corrected chi connectivity index (χ3v) is 2.35. The fourth-order valence-corrected chi connectivity index (χ4v) is 1.64. The lowest BCUT2D eigenvalue weighted by atomic mass is 10.2. The van der Waals surface area contributed by atoms with E-state index in [1.165, 1.54) is 18.2 Å². The van der Waals surface area contributed by atoms with E-state index in [2.05, 4.69) is 14.7 Å². The highest BCUT2D eigenvalue weighted by Crippen LogP contribution is 2.27. The van der Waals surface area contributed by atoms with Crippen LogP contribution in [0.3, 0.4) is 0 Å². The van der Waals surface area contributed by atoms with Gasteiger partial charge in [0.25, 0.3) is 0 Å². The summed E-state index contributed by atoms with van der Waals surface area (Å²) in [6.45, 7) is 5.39. The van der Waals surface area contributed by atoms with E-state index < -0.39 is 6.36 Å². The zero-order valence-corrected chi connectivity index (χ0v) is 11.2. The molecule has 1 aromatic carbocycles. The van der Waals surface area contributed by atoms with Crippen LogP contribution in [-0.4, -0.2) is 22.4 Å². The molecule has 108 valence electrons. The SMILES string of the molecule is Cc1nc2cc(OC(F)(F)F)ccc2nc1OC(C)C. The Morgan fingerprint density at radius 1 is 1.10 bits per heavy atom. The number of fused-ring (bicyclic) bond motifs is 1. The summed E-state index contributed by atoms with van der Waals surface area (Å²) in [5, 5.41) is 0. The molecule has 2 rings (SSSR count). The van der Waals surface area contributed by atoms with E-state index in [9.17, 15) is 13.2 Å². The first-order chi connectivity index (χ1) is 9.24. The minimum atomic E-state index is -4.73. The molecule has 0 amide bonds. The van der Waals surface area contributed by atoms with Gasteiger partial charge in [-0.05, 0) is 32.9 Å². The van der Waals surface area contributed by atoms with Crippen molar-refractivity contribution in [3.63, 3.8) is 0 Å². The minimum absolute atomic E-state index is 0.0618. The number of benzene rings is 1. The van der Waals surface area contributed by atoms with Crippen LogP contribution in [0.4, 0.5) is 13.2 Å². The van der Waals surface area contributed by atoms with E-state index in [4.69, 9.17) is 4.74 Å². The predicted molar refractivity (Wildman–Crippen MR) is 66.7 cm³/mol. The molecule has 4 nitrogen and oxygen atoms in total. The van der Waals surface area contributed by atoms with E-state index in [0.717, 1.165) is 0 Å². The van der Waals surface area contributed by atoms with Crippen molar-refractivity contribution in [2.24, 2.45) is 0 Å². The van der Waals surface area contributed by atoms with Crippen LogP contribution in [0.5, 0.6) is 11.6 Å². The van der Waals surface area contributed by atoms with Crippen molar-refractivity contribution < 1.29 is 22.6 Å². The first-order valence-corrected chi connectivity index (χ1v) is 5.95. The van der Waals surface area contributed by atoms with E-state index in [-0.39, 0.29) is 11.9 Å². The Morgan fingerprint density at radius 2 is 1.80 bits per heavy atom. The molecule has 0 saturated carbocycles. The number of aromatic nitrogens is 2. The number of aryl methyl sites for hydroxylation is 1. The van der Waals surface area contributed by atoms with Gasteiger partial charge in [0.2, 0.25) is 5.88 Å². The summed E-state index contributed by atoms with van der Waals surface area (Å²) in [6, 6.07) is 3.80. The number of rotatable bonds is 3. The second kappa shape index (κ2) is 5.15. The second-order valence-corrected chi connectivity index (χ2v) is 4.48. The van der Waals surface area contributed by atoms with Gasteiger partial charge in [-0.15, -0.1) is 13.2 Å². The van der Waals surface area contributed by atoms with Crippen molar-refractivity contribution in [1.82, 2.24) is 9.97 Å². The topological polar surface area (TPSA) is 44.2 Å². The first kappa shape index (κ1) is 14.4. The molecule has 0 bridgehead atoms.